The van der Waals surface area contributed by atoms with Gasteiger partial charge in [0, 0.05) is 25.6 Å². The maximum absolute atomic E-state index is 13.9. The summed E-state index contributed by atoms with van der Waals surface area (Å²) < 4.78 is 36.7. The molecule has 0 saturated carbocycles. The van der Waals surface area contributed by atoms with E-state index in [2.05, 4.69) is 29.4 Å². The summed E-state index contributed by atoms with van der Waals surface area (Å²) in [5.74, 6) is -0.394. The van der Waals surface area contributed by atoms with Crippen molar-refractivity contribution in [2.75, 3.05) is 13.2 Å². The normalized spacial score (nSPS) is 17.5. The predicted octanol–water partition coefficient (Wildman–Crippen LogP) is 5.84. The molecule has 4 aromatic rings. The lowest BCUT2D eigenvalue weighted by Crippen LogP contribution is -2.33. The Morgan fingerprint density at radius 3 is 2.60 bits per heavy atom. The first-order valence-electron chi connectivity index (χ1n) is 14.7. The molecule has 0 aliphatic carbocycles. The van der Waals surface area contributed by atoms with Gasteiger partial charge in [-0.3, -0.25) is 4.79 Å². The average Bonchev–Trinajstić information content (AvgIpc) is 3.34. The van der Waals surface area contributed by atoms with Crippen molar-refractivity contribution in [1.29, 1.82) is 0 Å². The van der Waals surface area contributed by atoms with Gasteiger partial charge in [0.2, 0.25) is 10.0 Å². The number of carbonyl (C=O) groups is 1. The molecule has 0 bridgehead atoms. The van der Waals surface area contributed by atoms with Crippen LogP contribution in [-0.2, 0) is 39.1 Å². The van der Waals surface area contributed by atoms with Crippen LogP contribution in [0.1, 0.15) is 72.1 Å². The largest absolute Gasteiger partial charge is 0.466 e. The lowest BCUT2D eigenvalue weighted by molar-refractivity contribution is -0.143. The Balaban J connectivity index is 1.56. The molecule has 1 aromatic heterocycles. The quantitative estimate of drug-likeness (QED) is 0.240. The molecule has 3 aromatic carbocycles. The molecule has 5 rings (SSSR count). The fraction of sp³-hybridized carbons (Fsp3) is 0.424. The van der Waals surface area contributed by atoms with Crippen molar-refractivity contribution in [2.24, 2.45) is 5.92 Å². The lowest BCUT2D eigenvalue weighted by atomic mass is 9.84. The fourth-order valence-electron chi connectivity index (χ4n) is 6.10. The number of sulfonamides is 1. The molecule has 42 heavy (non-hydrogen) atoms. The number of nitrogens with zero attached hydrogens (tertiary/aromatic N) is 4. The molecule has 2 atom stereocenters. The molecule has 1 aliphatic heterocycles. The van der Waals surface area contributed by atoms with E-state index in [1.807, 2.05) is 62.7 Å². The fourth-order valence-corrected chi connectivity index (χ4v) is 7.96. The highest BCUT2D eigenvalue weighted by Crippen LogP contribution is 2.36. The Kier molecular flexibility index (Phi) is 8.53. The van der Waals surface area contributed by atoms with Crippen LogP contribution in [-0.4, -0.2) is 46.8 Å². The van der Waals surface area contributed by atoms with Gasteiger partial charge < -0.3 is 4.74 Å². The first-order chi connectivity index (χ1) is 20.0. The molecule has 0 radical (unpaired) electrons. The van der Waals surface area contributed by atoms with Gasteiger partial charge in [0.1, 0.15) is 5.52 Å². The number of aryl methyl sites for hydroxylation is 4. The van der Waals surface area contributed by atoms with Gasteiger partial charge in [-0.25, -0.2) is 13.1 Å². The number of esters is 1. The number of carbonyl (C=O) groups excluding carboxylic acids is 1. The van der Waals surface area contributed by atoms with Gasteiger partial charge in [-0.15, -0.1) is 5.10 Å². The van der Waals surface area contributed by atoms with Gasteiger partial charge in [0.25, 0.3) is 0 Å². The van der Waals surface area contributed by atoms with Crippen molar-refractivity contribution < 1.29 is 17.9 Å². The van der Waals surface area contributed by atoms with Gasteiger partial charge in [-0.1, -0.05) is 48.5 Å². The second-order valence-electron chi connectivity index (χ2n) is 11.5. The molecule has 0 fully saturated rings. The monoisotopic (exact) mass is 588 g/mol. The second-order valence-corrected chi connectivity index (χ2v) is 13.4. The molecule has 9 heteroatoms. The Bertz CT molecular complexity index is 1740. The number of fused-ring (bicyclic) bond motifs is 2. The van der Waals surface area contributed by atoms with Crippen LogP contribution in [0.25, 0.3) is 11.0 Å². The van der Waals surface area contributed by atoms with E-state index >= 15 is 0 Å². The molecular weight excluding hydrogens is 548 g/mol. The number of hydrogen-bond acceptors (Lipinski definition) is 6. The summed E-state index contributed by atoms with van der Waals surface area (Å²) in [7, 11) is -3.69. The van der Waals surface area contributed by atoms with E-state index in [1.54, 1.807) is 17.3 Å². The standard InChI is InChI=1S/C33H40N4O4S/c1-7-37-30-14-13-28(24(6)33(30)34-35-37)29(18-32(38)41-8-2)25-12-10-23(5)27(17-25)20-36-19-22(4)15-26-11-9-21(3)16-31(26)42(36,39)40/h9-14,16-17,22,29H,7-8,15,18-20H2,1-6H3/t22-,29-/m0/s1. The van der Waals surface area contributed by atoms with Gasteiger partial charge in [-0.05, 0) is 98.0 Å². The minimum atomic E-state index is -3.69. The summed E-state index contributed by atoms with van der Waals surface area (Å²) in [5.41, 5.74) is 8.38. The van der Waals surface area contributed by atoms with Crippen LogP contribution in [0.4, 0.5) is 0 Å². The molecule has 8 nitrogen and oxygen atoms in total. The first kappa shape index (κ1) is 29.9. The van der Waals surface area contributed by atoms with Crippen molar-refractivity contribution >= 4 is 27.0 Å². The van der Waals surface area contributed by atoms with Crippen LogP contribution in [0.3, 0.4) is 0 Å². The lowest BCUT2D eigenvalue weighted by Gasteiger charge is -2.25. The van der Waals surface area contributed by atoms with E-state index in [4.69, 9.17) is 4.74 Å². The van der Waals surface area contributed by atoms with E-state index in [0.717, 1.165) is 56.4 Å². The topological polar surface area (TPSA) is 94.4 Å². The zero-order chi connectivity index (χ0) is 30.2. The summed E-state index contributed by atoms with van der Waals surface area (Å²) >= 11 is 0. The van der Waals surface area contributed by atoms with Crippen molar-refractivity contribution in [2.45, 2.75) is 78.3 Å². The van der Waals surface area contributed by atoms with E-state index < -0.39 is 10.0 Å². The van der Waals surface area contributed by atoms with Crippen molar-refractivity contribution in [3.05, 3.63) is 87.5 Å². The number of hydrogen-bond donors (Lipinski definition) is 0. The number of rotatable bonds is 8. The number of benzene rings is 3. The van der Waals surface area contributed by atoms with E-state index in [-0.39, 0.29) is 30.8 Å². The Labute approximate surface area is 248 Å². The van der Waals surface area contributed by atoms with Crippen LogP contribution in [0.15, 0.2) is 53.4 Å². The van der Waals surface area contributed by atoms with Crippen LogP contribution in [0.5, 0.6) is 0 Å². The summed E-state index contributed by atoms with van der Waals surface area (Å²) in [5, 5.41) is 8.72. The molecule has 1 aliphatic rings. The van der Waals surface area contributed by atoms with Gasteiger partial charge >= 0.3 is 5.97 Å². The highest BCUT2D eigenvalue weighted by Gasteiger charge is 2.33. The Morgan fingerprint density at radius 1 is 1.07 bits per heavy atom. The van der Waals surface area contributed by atoms with Gasteiger partial charge in [0.15, 0.2) is 0 Å². The number of ether oxygens (including phenoxy) is 1. The highest BCUT2D eigenvalue weighted by molar-refractivity contribution is 7.89. The van der Waals surface area contributed by atoms with Gasteiger partial charge in [0.05, 0.1) is 23.4 Å². The molecule has 2 heterocycles. The molecule has 0 saturated heterocycles. The minimum Gasteiger partial charge on any atom is -0.466 e. The summed E-state index contributed by atoms with van der Waals surface area (Å²) in [6.07, 6.45) is 0.882. The second kappa shape index (κ2) is 12.0. The highest BCUT2D eigenvalue weighted by atomic mass is 32.2. The van der Waals surface area contributed by atoms with E-state index in [1.165, 1.54) is 0 Å². The molecule has 0 amide bonds. The Morgan fingerprint density at radius 2 is 1.86 bits per heavy atom. The predicted molar refractivity (Wildman–Crippen MR) is 164 cm³/mol. The molecular formula is C33H40N4O4S. The summed E-state index contributed by atoms with van der Waals surface area (Å²) in [6, 6.07) is 15.9. The van der Waals surface area contributed by atoms with Gasteiger partial charge in [-0.2, -0.15) is 4.31 Å². The zero-order valence-electron chi connectivity index (χ0n) is 25.3. The molecule has 222 valence electrons. The zero-order valence-corrected chi connectivity index (χ0v) is 26.2. The first-order valence-corrected chi connectivity index (χ1v) is 16.1. The van der Waals surface area contributed by atoms with Crippen molar-refractivity contribution in [3.8, 4) is 0 Å². The van der Waals surface area contributed by atoms with Crippen LogP contribution in [0.2, 0.25) is 0 Å². The van der Waals surface area contributed by atoms with E-state index in [9.17, 15) is 13.2 Å². The molecule has 0 spiro atoms. The average molecular weight is 589 g/mol. The third-order valence-corrected chi connectivity index (χ3v) is 10.3. The van der Waals surface area contributed by atoms with Crippen LogP contribution in [0, 0.1) is 26.7 Å². The maximum atomic E-state index is 13.9. The van der Waals surface area contributed by atoms with Crippen molar-refractivity contribution in [3.63, 3.8) is 0 Å². The maximum Gasteiger partial charge on any atom is 0.306 e. The summed E-state index contributed by atoms with van der Waals surface area (Å²) in [6.45, 7) is 13.6. The minimum absolute atomic E-state index is 0.163. The molecule has 0 N–H and O–H groups in total. The SMILES string of the molecule is CCOC(=O)C[C@@H](c1ccc(C)c(CN2C[C@@H](C)Cc3ccc(C)cc3S2(=O)=O)c1)c1ccc2c(nnn2CC)c1C. The third-order valence-electron chi connectivity index (χ3n) is 8.38. The molecule has 0 unspecified atom stereocenters. The van der Waals surface area contributed by atoms with Crippen LogP contribution < -0.4 is 0 Å². The smallest absolute Gasteiger partial charge is 0.306 e. The third kappa shape index (κ3) is 5.72. The van der Waals surface area contributed by atoms with Crippen molar-refractivity contribution in [1.82, 2.24) is 19.3 Å². The summed E-state index contributed by atoms with van der Waals surface area (Å²) in [4.78, 5) is 13.3. The van der Waals surface area contributed by atoms with E-state index in [0.29, 0.717) is 24.6 Å². The van der Waals surface area contributed by atoms with Crippen LogP contribution >= 0.6 is 0 Å². The number of aromatic nitrogens is 3. The Hall–Kier alpha value is -3.56.